The van der Waals surface area contributed by atoms with E-state index < -0.39 is 0 Å². The number of nitrogens with zero attached hydrogens (tertiary/aromatic N) is 2. The highest BCUT2D eigenvalue weighted by molar-refractivity contribution is 4.90. The second-order valence-electron chi connectivity index (χ2n) is 9.52. The lowest BCUT2D eigenvalue weighted by Crippen LogP contribution is -2.51. The second-order valence-corrected chi connectivity index (χ2v) is 9.52. The van der Waals surface area contributed by atoms with E-state index in [1.807, 2.05) is 0 Å². The smallest absolute Gasteiger partial charge is 0.0612 e. The van der Waals surface area contributed by atoms with Crippen LogP contribution in [0.15, 0.2) is 0 Å². The monoisotopic (exact) mass is 310 g/mol. The van der Waals surface area contributed by atoms with Crippen molar-refractivity contribution < 1.29 is 4.74 Å². The van der Waals surface area contributed by atoms with Gasteiger partial charge in [0.25, 0.3) is 0 Å². The molecule has 0 unspecified atom stereocenters. The van der Waals surface area contributed by atoms with Crippen molar-refractivity contribution in [1.29, 1.82) is 0 Å². The molecular weight excluding hydrogens is 272 g/mol. The van der Waals surface area contributed by atoms with E-state index in [4.69, 9.17) is 4.74 Å². The zero-order valence-corrected chi connectivity index (χ0v) is 16.0. The predicted molar refractivity (Wildman–Crippen MR) is 94.3 cm³/mol. The molecule has 2 aliphatic rings. The fourth-order valence-electron chi connectivity index (χ4n) is 3.84. The van der Waals surface area contributed by atoms with Gasteiger partial charge in [0, 0.05) is 18.1 Å². The van der Waals surface area contributed by atoms with Crippen LogP contribution in [-0.2, 0) is 4.74 Å². The molecule has 0 spiro atoms. The minimum atomic E-state index is 0.00793. The van der Waals surface area contributed by atoms with Crippen LogP contribution in [0.4, 0.5) is 0 Å². The summed E-state index contributed by atoms with van der Waals surface area (Å²) in [5.74, 6) is 0.881. The van der Waals surface area contributed by atoms with E-state index in [1.165, 1.54) is 45.3 Å². The van der Waals surface area contributed by atoms with Gasteiger partial charge >= 0.3 is 0 Å². The summed E-state index contributed by atoms with van der Waals surface area (Å²) in [6, 6.07) is 0.744. The van der Waals surface area contributed by atoms with Crippen molar-refractivity contribution in [2.45, 2.75) is 90.5 Å². The quantitative estimate of drug-likeness (QED) is 0.786. The maximum absolute atomic E-state index is 6.06. The Kier molecular flexibility index (Phi) is 5.62. The first-order chi connectivity index (χ1) is 10.0. The summed E-state index contributed by atoms with van der Waals surface area (Å²) >= 11 is 0. The molecule has 0 amide bonds. The lowest BCUT2D eigenvalue weighted by Gasteiger charge is -2.46. The minimum absolute atomic E-state index is 0.00793. The molecule has 22 heavy (non-hydrogen) atoms. The van der Waals surface area contributed by atoms with Crippen LogP contribution in [0.5, 0.6) is 0 Å². The van der Waals surface area contributed by atoms with Gasteiger partial charge in [-0.1, -0.05) is 0 Å². The Morgan fingerprint density at radius 3 is 2.00 bits per heavy atom. The first kappa shape index (κ1) is 18.2. The molecule has 2 fully saturated rings. The Morgan fingerprint density at radius 2 is 1.55 bits per heavy atom. The van der Waals surface area contributed by atoms with Crippen LogP contribution >= 0.6 is 0 Å². The zero-order valence-electron chi connectivity index (χ0n) is 16.0. The van der Waals surface area contributed by atoms with Gasteiger partial charge in [-0.2, -0.15) is 0 Å². The highest BCUT2D eigenvalue weighted by Crippen LogP contribution is 2.32. The summed E-state index contributed by atoms with van der Waals surface area (Å²) in [5, 5.41) is 0. The van der Waals surface area contributed by atoms with Crippen LogP contribution in [0.2, 0.25) is 0 Å². The third-order valence-corrected chi connectivity index (χ3v) is 5.32. The first-order valence-electron chi connectivity index (χ1n) is 9.18. The molecule has 130 valence electrons. The third kappa shape index (κ3) is 5.21. The van der Waals surface area contributed by atoms with Crippen LogP contribution in [0.3, 0.4) is 0 Å². The van der Waals surface area contributed by atoms with Crippen LogP contribution in [-0.4, -0.2) is 59.8 Å². The Hall–Kier alpha value is -0.120. The molecule has 1 saturated carbocycles. The van der Waals surface area contributed by atoms with Crippen molar-refractivity contribution in [1.82, 2.24) is 9.80 Å². The van der Waals surface area contributed by atoms with Gasteiger partial charge in [-0.05, 0) is 93.3 Å². The van der Waals surface area contributed by atoms with Gasteiger partial charge in [-0.15, -0.1) is 0 Å². The van der Waals surface area contributed by atoms with Crippen molar-refractivity contribution in [3.8, 4) is 0 Å². The number of ether oxygens (including phenoxy) is 1. The van der Waals surface area contributed by atoms with Crippen molar-refractivity contribution in [3.63, 3.8) is 0 Å². The predicted octanol–water partition coefficient (Wildman–Crippen LogP) is 3.77. The zero-order chi connectivity index (χ0) is 16.5. The molecule has 2 rings (SSSR count). The van der Waals surface area contributed by atoms with E-state index in [0.717, 1.165) is 12.0 Å². The largest absolute Gasteiger partial charge is 0.373 e. The molecule has 0 aromatic rings. The van der Waals surface area contributed by atoms with E-state index in [9.17, 15) is 0 Å². The van der Waals surface area contributed by atoms with Gasteiger partial charge in [-0.25, -0.2) is 0 Å². The Bertz CT molecular complexity index is 341. The number of hydrogen-bond donors (Lipinski definition) is 0. The summed E-state index contributed by atoms with van der Waals surface area (Å²) < 4.78 is 6.06. The van der Waals surface area contributed by atoms with Crippen LogP contribution in [0.25, 0.3) is 0 Å². The normalized spacial score (nSPS) is 28.9. The lowest BCUT2D eigenvalue weighted by molar-refractivity contribution is -0.119. The molecule has 1 saturated heterocycles. The van der Waals surface area contributed by atoms with Gasteiger partial charge in [0.2, 0.25) is 0 Å². The van der Waals surface area contributed by atoms with E-state index in [-0.39, 0.29) is 5.60 Å². The van der Waals surface area contributed by atoms with Crippen molar-refractivity contribution in [2.75, 3.05) is 26.7 Å². The Balaban J connectivity index is 1.66. The second kappa shape index (κ2) is 6.78. The third-order valence-electron chi connectivity index (χ3n) is 5.32. The molecule has 0 atom stereocenters. The maximum Gasteiger partial charge on any atom is 0.0612 e. The molecule has 3 heteroatoms. The molecule has 1 aliphatic heterocycles. The maximum atomic E-state index is 6.06. The first-order valence-corrected chi connectivity index (χ1v) is 9.18. The lowest BCUT2D eigenvalue weighted by atomic mass is 9.86. The fourth-order valence-corrected chi connectivity index (χ4v) is 3.84. The van der Waals surface area contributed by atoms with Gasteiger partial charge in [-0.3, -0.25) is 4.90 Å². The van der Waals surface area contributed by atoms with E-state index >= 15 is 0 Å². The molecule has 0 N–H and O–H groups in total. The minimum Gasteiger partial charge on any atom is -0.373 e. The topological polar surface area (TPSA) is 15.7 Å². The average molecular weight is 311 g/mol. The SMILES string of the molecule is CN(CC1CCN(C(C)(C)C)CC1)C1CC(OC(C)(C)C)C1. The Morgan fingerprint density at radius 1 is 1.00 bits per heavy atom. The van der Waals surface area contributed by atoms with Crippen LogP contribution in [0.1, 0.15) is 67.2 Å². The number of piperidine rings is 1. The fraction of sp³-hybridized carbons (Fsp3) is 1.00. The molecule has 0 aromatic carbocycles. The molecule has 0 bridgehead atoms. The van der Waals surface area contributed by atoms with Crippen LogP contribution < -0.4 is 0 Å². The van der Waals surface area contributed by atoms with Gasteiger partial charge in [0.15, 0.2) is 0 Å². The molecular formula is C19H38N2O. The average Bonchev–Trinajstić information content (AvgIpc) is 2.31. The molecule has 1 aliphatic carbocycles. The number of likely N-dealkylation sites (tertiary alicyclic amines) is 1. The number of hydrogen-bond acceptors (Lipinski definition) is 3. The van der Waals surface area contributed by atoms with Crippen molar-refractivity contribution >= 4 is 0 Å². The highest BCUT2D eigenvalue weighted by Gasteiger charge is 2.36. The van der Waals surface area contributed by atoms with Gasteiger partial charge in [0.1, 0.15) is 0 Å². The summed E-state index contributed by atoms with van der Waals surface area (Å²) in [4.78, 5) is 5.24. The van der Waals surface area contributed by atoms with Gasteiger partial charge in [0.05, 0.1) is 11.7 Å². The molecule has 3 nitrogen and oxygen atoms in total. The Labute approximate surface area is 138 Å². The van der Waals surface area contributed by atoms with E-state index in [1.54, 1.807) is 0 Å². The highest BCUT2D eigenvalue weighted by atomic mass is 16.5. The van der Waals surface area contributed by atoms with Crippen molar-refractivity contribution in [3.05, 3.63) is 0 Å². The summed E-state index contributed by atoms with van der Waals surface area (Å²) in [6.07, 6.45) is 5.63. The van der Waals surface area contributed by atoms with E-state index in [0.29, 0.717) is 11.6 Å². The van der Waals surface area contributed by atoms with Crippen molar-refractivity contribution in [2.24, 2.45) is 5.92 Å². The summed E-state index contributed by atoms with van der Waals surface area (Å²) in [6.45, 7) is 17.3. The number of rotatable bonds is 4. The summed E-state index contributed by atoms with van der Waals surface area (Å²) in [7, 11) is 2.31. The van der Waals surface area contributed by atoms with Gasteiger partial charge < -0.3 is 9.64 Å². The van der Waals surface area contributed by atoms with E-state index in [2.05, 4.69) is 58.4 Å². The molecule has 0 radical (unpaired) electrons. The van der Waals surface area contributed by atoms with Crippen LogP contribution in [0, 0.1) is 5.92 Å². The molecule has 1 heterocycles. The standard InChI is InChI=1S/C19H38N2O/c1-18(2,3)21-10-8-15(9-11-21)14-20(7)16-12-17(13-16)22-19(4,5)6/h15-17H,8-14H2,1-7H3. The molecule has 0 aromatic heterocycles. The summed E-state index contributed by atoms with van der Waals surface area (Å²) in [5.41, 5.74) is 0.344.